The molecule has 0 saturated heterocycles. The molecule has 4 atom stereocenters. The fourth-order valence-electron chi connectivity index (χ4n) is 3.68. The SMILES string of the molecule is O=CN[C@@H](Cc1cc(F)cc(F)c1)[C@H](O)CNC(CC(O)CO)CN(C=O)Cc1ccccc1. The largest absolute Gasteiger partial charge is 0.394 e. The number of aliphatic hydroxyl groups is 3. The lowest BCUT2D eigenvalue weighted by Crippen LogP contribution is -2.50. The lowest BCUT2D eigenvalue weighted by atomic mass is 10.0. The smallest absolute Gasteiger partial charge is 0.210 e. The standard InChI is InChI=1S/C24H31F2N3O5/c25-19-6-18(7-20(26)9-19)8-23(28-15-31)24(34)11-27-21(10-22(33)14-30)13-29(16-32)12-17-4-2-1-3-5-17/h1-7,9,15-16,21-24,27,30,33-34H,8,10-14H2,(H,28,31)/t21?,22?,23-,24+/m0/s1. The van der Waals surface area contributed by atoms with Crippen molar-refractivity contribution in [1.29, 1.82) is 0 Å². The van der Waals surface area contributed by atoms with Crippen LogP contribution in [0.15, 0.2) is 48.5 Å². The van der Waals surface area contributed by atoms with E-state index in [0.29, 0.717) is 19.4 Å². The highest BCUT2D eigenvalue weighted by atomic mass is 19.1. The van der Waals surface area contributed by atoms with Gasteiger partial charge in [0.2, 0.25) is 12.8 Å². The highest BCUT2D eigenvalue weighted by molar-refractivity contribution is 5.47. The maximum absolute atomic E-state index is 13.5. The molecular weight excluding hydrogens is 448 g/mol. The van der Waals surface area contributed by atoms with Gasteiger partial charge < -0.3 is 30.9 Å². The molecule has 186 valence electrons. The molecule has 10 heteroatoms. The molecule has 2 rings (SSSR count). The summed E-state index contributed by atoms with van der Waals surface area (Å²) in [4.78, 5) is 24.1. The minimum atomic E-state index is -1.15. The van der Waals surface area contributed by atoms with Gasteiger partial charge in [0.25, 0.3) is 0 Å². The van der Waals surface area contributed by atoms with Crippen LogP contribution in [0.25, 0.3) is 0 Å². The summed E-state index contributed by atoms with van der Waals surface area (Å²) in [5.74, 6) is -1.53. The summed E-state index contributed by atoms with van der Waals surface area (Å²) in [6.07, 6.45) is -1.04. The Morgan fingerprint density at radius 2 is 1.68 bits per heavy atom. The molecule has 0 aliphatic heterocycles. The number of nitrogens with zero attached hydrogens (tertiary/aromatic N) is 1. The van der Waals surface area contributed by atoms with Crippen molar-refractivity contribution in [2.45, 2.75) is 43.7 Å². The second-order valence-electron chi connectivity index (χ2n) is 8.14. The van der Waals surface area contributed by atoms with Crippen LogP contribution in [-0.2, 0) is 22.6 Å². The maximum atomic E-state index is 13.5. The first kappa shape index (κ1) is 27.3. The Morgan fingerprint density at radius 1 is 1.00 bits per heavy atom. The zero-order valence-electron chi connectivity index (χ0n) is 18.7. The van der Waals surface area contributed by atoms with Crippen molar-refractivity contribution in [1.82, 2.24) is 15.5 Å². The summed E-state index contributed by atoms with van der Waals surface area (Å²) < 4.78 is 27.0. The molecule has 2 aromatic rings. The maximum Gasteiger partial charge on any atom is 0.210 e. The highest BCUT2D eigenvalue weighted by Gasteiger charge is 2.23. The highest BCUT2D eigenvalue weighted by Crippen LogP contribution is 2.12. The number of carbonyl (C=O) groups is 2. The number of hydrogen-bond acceptors (Lipinski definition) is 6. The van der Waals surface area contributed by atoms with Crippen LogP contribution < -0.4 is 10.6 Å². The summed E-state index contributed by atoms with van der Waals surface area (Å²) in [6.45, 7) is -0.00503. The summed E-state index contributed by atoms with van der Waals surface area (Å²) in [5.41, 5.74) is 1.17. The van der Waals surface area contributed by atoms with E-state index in [9.17, 15) is 33.7 Å². The minimum absolute atomic E-state index is 0.0192. The zero-order chi connectivity index (χ0) is 24.9. The number of amides is 2. The van der Waals surface area contributed by atoms with Gasteiger partial charge in [0, 0.05) is 31.7 Å². The molecule has 2 unspecified atom stereocenters. The van der Waals surface area contributed by atoms with E-state index in [2.05, 4.69) is 10.6 Å². The molecule has 0 heterocycles. The van der Waals surface area contributed by atoms with Gasteiger partial charge in [0.05, 0.1) is 24.9 Å². The normalized spacial score (nSPS) is 14.6. The van der Waals surface area contributed by atoms with Crippen LogP contribution in [0.2, 0.25) is 0 Å². The third kappa shape index (κ3) is 9.52. The van der Waals surface area contributed by atoms with Gasteiger partial charge in [0.1, 0.15) is 11.6 Å². The van der Waals surface area contributed by atoms with Crippen LogP contribution in [-0.4, -0.2) is 77.0 Å². The average Bonchev–Trinajstić information content (AvgIpc) is 2.81. The van der Waals surface area contributed by atoms with E-state index in [-0.39, 0.29) is 31.5 Å². The molecule has 0 spiro atoms. The van der Waals surface area contributed by atoms with E-state index >= 15 is 0 Å². The number of benzene rings is 2. The van der Waals surface area contributed by atoms with Crippen LogP contribution in [0, 0.1) is 11.6 Å². The Hall–Kier alpha value is -2.92. The van der Waals surface area contributed by atoms with E-state index in [4.69, 9.17) is 0 Å². The molecule has 0 aromatic heterocycles. The molecule has 0 aliphatic rings. The van der Waals surface area contributed by atoms with E-state index in [1.165, 1.54) is 4.90 Å². The number of nitrogens with one attached hydrogen (secondary N) is 2. The zero-order valence-corrected chi connectivity index (χ0v) is 18.7. The number of carbonyl (C=O) groups excluding carboxylic acids is 2. The molecule has 8 nitrogen and oxygen atoms in total. The molecule has 0 aliphatic carbocycles. The van der Waals surface area contributed by atoms with Gasteiger partial charge in [-0.3, -0.25) is 9.59 Å². The van der Waals surface area contributed by atoms with Gasteiger partial charge in [-0.25, -0.2) is 8.78 Å². The molecule has 34 heavy (non-hydrogen) atoms. The summed E-state index contributed by atoms with van der Waals surface area (Å²) in [6, 6.07) is 10.9. The summed E-state index contributed by atoms with van der Waals surface area (Å²) in [7, 11) is 0. The Labute approximate surface area is 197 Å². The van der Waals surface area contributed by atoms with Crippen LogP contribution in [0.4, 0.5) is 8.78 Å². The summed E-state index contributed by atoms with van der Waals surface area (Å²) >= 11 is 0. The lowest BCUT2D eigenvalue weighted by molar-refractivity contribution is -0.119. The third-order valence-electron chi connectivity index (χ3n) is 5.34. The van der Waals surface area contributed by atoms with Crippen LogP contribution in [0.1, 0.15) is 17.5 Å². The minimum Gasteiger partial charge on any atom is -0.394 e. The van der Waals surface area contributed by atoms with Gasteiger partial charge in [-0.15, -0.1) is 0 Å². The van der Waals surface area contributed by atoms with Crippen molar-refractivity contribution in [3.05, 3.63) is 71.3 Å². The quantitative estimate of drug-likeness (QED) is 0.222. The first-order valence-corrected chi connectivity index (χ1v) is 10.9. The second-order valence-corrected chi connectivity index (χ2v) is 8.14. The first-order valence-electron chi connectivity index (χ1n) is 10.9. The summed E-state index contributed by atoms with van der Waals surface area (Å²) in [5, 5.41) is 35.3. The van der Waals surface area contributed by atoms with Crippen molar-refractivity contribution in [3.8, 4) is 0 Å². The van der Waals surface area contributed by atoms with Crippen LogP contribution >= 0.6 is 0 Å². The van der Waals surface area contributed by atoms with E-state index in [1.807, 2.05) is 30.3 Å². The Bertz CT molecular complexity index is 870. The monoisotopic (exact) mass is 479 g/mol. The van der Waals surface area contributed by atoms with E-state index in [0.717, 1.165) is 23.8 Å². The molecule has 2 amide bonds. The third-order valence-corrected chi connectivity index (χ3v) is 5.34. The van der Waals surface area contributed by atoms with Crippen molar-refractivity contribution in [3.63, 3.8) is 0 Å². The Kier molecular flexibility index (Phi) is 11.5. The van der Waals surface area contributed by atoms with Gasteiger partial charge >= 0.3 is 0 Å². The Balaban J connectivity index is 2.03. The predicted molar refractivity (Wildman–Crippen MR) is 121 cm³/mol. The van der Waals surface area contributed by atoms with Crippen molar-refractivity contribution in [2.75, 3.05) is 19.7 Å². The number of halogens is 2. The lowest BCUT2D eigenvalue weighted by Gasteiger charge is -2.29. The predicted octanol–water partition coefficient (Wildman–Crippen LogP) is 0.343. The first-order chi connectivity index (χ1) is 16.3. The van der Waals surface area contributed by atoms with Crippen LogP contribution in [0.5, 0.6) is 0 Å². The van der Waals surface area contributed by atoms with Crippen molar-refractivity contribution < 1.29 is 33.7 Å². The van der Waals surface area contributed by atoms with Crippen molar-refractivity contribution in [2.24, 2.45) is 0 Å². The average molecular weight is 480 g/mol. The topological polar surface area (TPSA) is 122 Å². The second kappa shape index (κ2) is 14.4. The Morgan fingerprint density at radius 3 is 2.26 bits per heavy atom. The van der Waals surface area contributed by atoms with Gasteiger partial charge in [-0.1, -0.05) is 30.3 Å². The molecule has 0 radical (unpaired) electrons. The molecule has 0 bridgehead atoms. The van der Waals surface area contributed by atoms with Gasteiger partial charge in [0.15, 0.2) is 0 Å². The fraction of sp³-hybridized carbons (Fsp3) is 0.417. The fourth-order valence-corrected chi connectivity index (χ4v) is 3.68. The number of hydrogen-bond donors (Lipinski definition) is 5. The number of rotatable bonds is 16. The van der Waals surface area contributed by atoms with Gasteiger partial charge in [-0.2, -0.15) is 0 Å². The van der Waals surface area contributed by atoms with Crippen molar-refractivity contribution >= 4 is 12.8 Å². The molecular formula is C24H31F2N3O5. The molecule has 0 fully saturated rings. The van der Waals surface area contributed by atoms with E-state index in [1.54, 1.807) is 0 Å². The van der Waals surface area contributed by atoms with E-state index < -0.39 is 42.5 Å². The van der Waals surface area contributed by atoms with Gasteiger partial charge in [-0.05, 0) is 36.1 Å². The van der Waals surface area contributed by atoms with Crippen LogP contribution in [0.3, 0.4) is 0 Å². The molecule has 0 saturated carbocycles. The molecule has 5 N–H and O–H groups in total. The number of aliphatic hydroxyl groups excluding tert-OH is 3. The molecule has 2 aromatic carbocycles.